The second kappa shape index (κ2) is 8.58. The van der Waals surface area contributed by atoms with Crippen LogP contribution in [0.4, 0.5) is 0 Å². The van der Waals surface area contributed by atoms with Gasteiger partial charge in [0.2, 0.25) is 0 Å². The van der Waals surface area contributed by atoms with Crippen LogP contribution in [0.15, 0.2) is 29.4 Å². The third kappa shape index (κ3) is 5.92. The van der Waals surface area contributed by atoms with E-state index in [0.29, 0.717) is 6.54 Å². The quantitative estimate of drug-likeness (QED) is 0.411. The molecule has 94 valence electrons. The van der Waals surface area contributed by atoms with E-state index in [1.165, 1.54) is 0 Å². The van der Waals surface area contributed by atoms with Crippen LogP contribution in [-0.2, 0) is 0 Å². The lowest BCUT2D eigenvalue weighted by atomic mass is 10.2. The van der Waals surface area contributed by atoms with Crippen molar-refractivity contribution < 1.29 is 9.84 Å². The molecule has 0 aliphatic carbocycles. The van der Waals surface area contributed by atoms with Crippen LogP contribution in [0.25, 0.3) is 0 Å². The maximum Gasteiger partial charge on any atom is 0.119 e. The molecule has 1 rings (SSSR count). The molecule has 0 heterocycles. The number of nitrogens with one attached hydrogen (secondary N) is 1. The Balaban J connectivity index is 2.36. The van der Waals surface area contributed by atoms with Crippen LogP contribution in [-0.4, -0.2) is 31.1 Å². The largest absolute Gasteiger partial charge is 0.494 e. The first-order valence-electron chi connectivity index (χ1n) is 5.96. The van der Waals surface area contributed by atoms with Crippen molar-refractivity contribution in [2.75, 3.05) is 19.8 Å². The van der Waals surface area contributed by atoms with E-state index in [2.05, 4.69) is 17.5 Å². The van der Waals surface area contributed by atoms with Crippen LogP contribution in [0.3, 0.4) is 0 Å². The second-order valence-electron chi connectivity index (χ2n) is 3.66. The Morgan fingerprint density at radius 2 is 2.12 bits per heavy atom. The Morgan fingerprint density at radius 1 is 1.35 bits per heavy atom. The molecule has 1 aromatic rings. The summed E-state index contributed by atoms with van der Waals surface area (Å²) >= 11 is 0. The van der Waals surface area contributed by atoms with Gasteiger partial charge in [-0.25, -0.2) is 0 Å². The molecule has 0 saturated carbocycles. The minimum Gasteiger partial charge on any atom is -0.494 e. The Kier molecular flexibility index (Phi) is 6.82. The van der Waals surface area contributed by atoms with E-state index < -0.39 is 0 Å². The molecular weight excluding hydrogens is 216 g/mol. The van der Waals surface area contributed by atoms with E-state index in [0.717, 1.165) is 30.8 Å². The van der Waals surface area contributed by atoms with Crippen LogP contribution in [0.2, 0.25) is 0 Å². The van der Waals surface area contributed by atoms with Crippen molar-refractivity contribution in [2.24, 2.45) is 5.10 Å². The fourth-order valence-corrected chi connectivity index (χ4v) is 1.22. The van der Waals surface area contributed by atoms with Crippen molar-refractivity contribution in [3.63, 3.8) is 0 Å². The molecule has 1 aromatic carbocycles. The smallest absolute Gasteiger partial charge is 0.119 e. The van der Waals surface area contributed by atoms with Gasteiger partial charge >= 0.3 is 0 Å². The highest BCUT2D eigenvalue weighted by molar-refractivity contribution is 5.79. The normalized spacial score (nSPS) is 10.7. The van der Waals surface area contributed by atoms with Gasteiger partial charge in [0.05, 0.1) is 26.0 Å². The first-order chi connectivity index (χ1) is 8.36. The number of ether oxygens (including phenoxy) is 1. The fourth-order valence-electron chi connectivity index (χ4n) is 1.22. The van der Waals surface area contributed by atoms with Crippen LogP contribution in [0.5, 0.6) is 5.75 Å². The summed E-state index contributed by atoms with van der Waals surface area (Å²) in [5.74, 6) is 0.888. The molecule has 4 nitrogen and oxygen atoms in total. The van der Waals surface area contributed by atoms with Crippen molar-refractivity contribution in [1.82, 2.24) is 5.43 Å². The Labute approximate surface area is 102 Å². The highest BCUT2D eigenvalue weighted by Crippen LogP contribution is 2.11. The average Bonchev–Trinajstić information content (AvgIpc) is 2.37. The Morgan fingerprint density at radius 3 is 2.76 bits per heavy atom. The van der Waals surface area contributed by atoms with Crippen molar-refractivity contribution in [3.05, 3.63) is 29.8 Å². The number of aliphatic hydroxyl groups is 1. The topological polar surface area (TPSA) is 53.8 Å². The number of hydrogen-bond donors (Lipinski definition) is 2. The minimum absolute atomic E-state index is 0.0849. The standard InChI is InChI=1S/C13H20N2O2/c1-2-3-10-17-13-6-4-12(5-7-13)11-15-14-8-9-16/h4-7,11,14,16H,2-3,8-10H2,1H3. The summed E-state index contributed by atoms with van der Waals surface area (Å²) in [6, 6.07) is 7.77. The first kappa shape index (κ1) is 13.5. The van der Waals surface area contributed by atoms with Gasteiger partial charge in [-0.15, -0.1) is 0 Å². The minimum atomic E-state index is 0.0849. The lowest BCUT2D eigenvalue weighted by molar-refractivity contribution is 0.294. The summed E-state index contributed by atoms with van der Waals surface area (Å²) in [5.41, 5.74) is 3.73. The summed E-state index contributed by atoms with van der Waals surface area (Å²) in [6.07, 6.45) is 3.93. The van der Waals surface area contributed by atoms with Gasteiger partial charge in [-0.2, -0.15) is 5.10 Å². The predicted octanol–water partition coefficient (Wildman–Crippen LogP) is 1.78. The van der Waals surface area contributed by atoms with Crippen molar-refractivity contribution in [2.45, 2.75) is 19.8 Å². The monoisotopic (exact) mass is 236 g/mol. The number of benzene rings is 1. The lowest BCUT2D eigenvalue weighted by Crippen LogP contribution is -2.11. The zero-order valence-corrected chi connectivity index (χ0v) is 10.2. The highest BCUT2D eigenvalue weighted by Gasteiger charge is 1.93. The zero-order valence-electron chi connectivity index (χ0n) is 10.2. The lowest BCUT2D eigenvalue weighted by Gasteiger charge is -2.04. The Hall–Kier alpha value is -1.55. The van der Waals surface area contributed by atoms with Crippen molar-refractivity contribution in [1.29, 1.82) is 0 Å². The molecule has 0 aliphatic rings. The van der Waals surface area contributed by atoms with Gasteiger partial charge in [0.1, 0.15) is 5.75 Å². The van der Waals surface area contributed by atoms with E-state index in [1.54, 1.807) is 6.21 Å². The van der Waals surface area contributed by atoms with E-state index in [4.69, 9.17) is 9.84 Å². The molecule has 0 atom stereocenters. The van der Waals surface area contributed by atoms with Gasteiger partial charge in [-0.3, -0.25) is 0 Å². The molecule has 0 spiro atoms. The number of nitrogens with zero attached hydrogens (tertiary/aromatic N) is 1. The van der Waals surface area contributed by atoms with E-state index in [1.807, 2.05) is 24.3 Å². The molecule has 0 bridgehead atoms. The van der Waals surface area contributed by atoms with E-state index in [-0.39, 0.29) is 6.61 Å². The van der Waals surface area contributed by atoms with E-state index in [9.17, 15) is 0 Å². The second-order valence-corrected chi connectivity index (χ2v) is 3.66. The number of hydrogen-bond acceptors (Lipinski definition) is 4. The molecule has 17 heavy (non-hydrogen) atoms. The van der Waals surface area contributed by atoms with Gasteiger partial charge < -0.3 is 15.3 Å². The summed E-state index contributed by atoms with van der Waals surface area (Å²) in [4.78, 5) is 0. The fraction of sp³-hybridized carbons (Fsp3) is 0.462. The molecule has 0 unspecified atom stereocenters. The predicted molar refractivity (Wildman–Crippen MR) is 69.5 cm³/mol. The van der Waals surface area contributed by atoms with E-state index >= 15 is 0 Å². The molecule has 0 radical (unpaired) electrons. The van der Waals surface area contributed by atoms with Crippen LogP contribution < -0.4 is 10.2 Å². The first-order valence-corrected chi connectivity index (χ1v) is 5.96. The van der Waals surface area contributed by atoms with Crippen LogP contribution in [0, 0.1) is 0 Å². The SMILES string of the molecule is CCCCOc1ccc(C=NNCCO)cc1. The molecule has 2 N–H and O–H groups in total. The number of hydrazone groups is 1. The maximum absolute atomic E-state index is 8.55. The van der Waals surface area contributed by atoms with Crippen LogP contribution in [0.1, 0.15) is 25.3 Å². The van der Waals surface area contributed by atoms with Gasteiger partial charge in [-0.1, -0.05) is 13.3 Å². The molecule has 0 fully saturated rings. The summed E-state index contributed by atoms with van der Waals surface area (Å²) < 4.78 is 5.55. The van der Waals surface area contributed by atoms with Crippen molar-refractivity contribution in [3.8, 4) is 5.75 Å². The molecule has 0 aromatic heterocycles. The van der Waals surface area contributed by atoms with Gasteiger partial charge in [0.25, 0.3) is 0 Å². The third-order valence-electron chi connectivity index (χ3n) is 2.18. The zero-order chi connectivity index (χ0) is 12.3. The average molecular weight is 236 g/mol. The summed E-state index contributed by atoms with van der Waals surface area (Å²) in [5, 5.41) is 12.5. The highest BCUT2D eigenvalue weighted by atomic mass is 16.5. The molecular formula is C13H20N2O2. The summed E-state index contributed by atoms with van der Waals surface area (Å²) in [7, 11) is 0. The van der Waals surface area contributed by atoms with Crippen molar-refractivity contribution >= 4 is 6.21 Å². The number of unbranched alkanes of at least 4 members (excludes halogenated alkanes) is 1. The maximum atomic E-state index is 8.55. The molecule has 0 aliphatic heterocycles. The third-order valence-corrected chi connectivity index (χ3v) is 2.18. The molecule has 0 amide bonds. The molecule has 4 heteroatoms. The number of aliphatic hydroxyl groups excluding tert-OH is 1. The van der Waals surface area contributed by atoms with Crippen LogP contribution >= 0.6 is 0 Å². The Bertz CT molecular complexity index is 323. The summed E-state index contributed by atoms with van der Waals surface area (Å²) in [6.45, 7) is 3.46. The van der Waals surface area contributed by atoms with Gasteiger partial charge in [0.15, 0.2) is 0 Å². The molecule has 0 saturated heterocycles. The van der Waals surface area contributed by atoms with Gasteiger partial charge in [-0.05, 0) is 36.2 Å². The number of rotatable bonds is 8. The van der Waals surface area contributed by atoms with Gasteiger partial charge in [0, 0.05) is 0 Å².